The summed E-state index contributed by atoms with van der Waals surface area (Å²) in [4.78, 5) is 38.1. The topological polar surface area (TPSA) is 130 Å². The smallest absolute Gasteiger partial charge is 0.407 e. The average Bonchev–Trinajstić information content (AvgIpc) is 3.17. The SMILES string of the molecule is O=C(CNC(=O)OCc1ccccc1)NC(OCc1c[nH]c2ccccc12)C(=O)O. The molecule has 9 nitrogen and oxygen atoms in total. The van der Waals surface area contributed by atoms with E-state index < -0.39 is 30.7 Å². The van der Waals surface area contributed by atoms with Gasteiger partial charge in [0.2, 0.25) is 12.1 Å². The fourth-order valence-corrected chi connectivity index (χ4v) is 2.72. The maximum Gasteiger partial charge on any atom is 0.407 e. The number of carboxylic acid groups (broad SMARTS) is 1. The van der Waals surface area contributed by atoms with E-state index in [-0.39, 0.29) is 13.2 Å². The molecule has 1 aromatic heterocycles. The third kappa shape index (κ3) is 5.82. The van der Waals surface area contributed by atoms with Crippen LogP contribution in [0.5, 0.6) is 0 Å². The molecule has 4 N–H and O–H groups in total. The van der Waals surface area contributed by atoms with E-state index in [1.54, 1.807) is 18.3 Å². The van der Waals surface area contributed by atoms with Crippen LogP contribution in [-0.4, -0.2) is 40.8 Å². The van der Waals surface area contributed by atoms with E-state index in [9.17, 15) is 19.5 Å². The molecule has 0 fully saturated rings. The summed E-state index contributed by atoms with van der Waals surface area (Å²) in [6.07, 6.45) is -0.635. The minimum atomic E-state index is -1.56. The molecule has 0 bridgehead atoms. The van der Waals surface area contributed by atoms with E-state index in [2.05, 4.69) is 15.6 Å². The molecule has 30 heavy (non-hydrogen) atoms. The Balaban J connectivity index is 1.44. The van der Waals surface area contributed by atoms with Crippen LogP contribution >= 0.6 is 0 Å². The van der Waals surface area contributed by atoms with E-state index in [4.69, 9.17) is 9.47 Å². The normalized spacial score (nSPS) is 11.6. The molecule has 2 aromatic carbocycles. The quantitative estimate of drug-likeness (QED) is 0.399. The van der Waals surface area contributed by atoms with Gasteiger partial charge in [-0.15, -0.1) is 0 Å². The van der Waals surface area contributed by atoms with Crippen molar-refractivity contribution in [1.29, 1.82) is 0 Å². The maximum atomic E-state index is 12.0. The fraction of sp³-hybridized carbons (Fsp3) is 0.190. The summed E-state index contributed by atoms with van der Waals surface area (Å²) in [6, 6.07) is 16.6. The van der Waals surface area contributed by atoms with Gasteiger partial charge in [-0.05, 0) is 11.6 Å². The van der Waals surface area contributed by atoms with Crippen molar-refractivity contribution in [2.24, 2.45) is 0 Å². The van der Waals surface area contributed by atoms with Crippen LogP contribution in [0.15, 0.2) is 60.8 Å². The van der Waals surface area contributed by atoms with Gasteiger partial charge in [0.25, 0.3) is 0 Å². The minimum Gasteiger partial charge on any atom is -0.478 e. The second kappa shape index (κ2) is 10.1. The zero-order valence-corrected chi connectivity index (χ0v) is 16.0. The number of fused-ring (bicyclic) bond motifs is 1. The Bertz CT molecular complexity index is 1020. The highest BCUT2D eigenvalue weighted by molar-refractivity contribution is 5.86. The van der Waals surface area contributed by atoms with Crippen LogP contribution in [0.2, 0.25) is 0 Å². The first kappa shape index (κ1) is 20.9. The molecule has 1 heterocycles. The van der Waals surface area contributed by atoms with Gasteiger partial charge in [-0.3, -0.25) is 4.79 Å². The van der Waals surface area contributed by atoms with Crippen LogP contribution in [0.1, 0.15) is 11.1 Å². The van der Waals surface area contributed by atoms with Crippen molar-refractivity contribution < 1.29 is 29.0 Å². The van der Waals surface area contributed by atoms with Crippen LogP contribution in [0.25, 0.3) is 10.9 Å². The number of carbonyl (C=O) groups excluding carboxylic acids is 2. The largest absolute Gasteiger partial charge is 0.478 e. The number of aromatic nitrogens is 1. The van der Waals surface area contributed by atoms with Gasteiger partial charge in [-0.25, -0.2) is 9.59 Å². The number of aromatic amines is 1. The average molecular weight is 411 g/mol. The molecule has 0 saturated heterocycles. The molecule has 0 aliphatic heterocycles. The Morgan fingerprint density at radius 1 is 1.00 bits per heavy atom. The molecule has 0 aliphatic rings. The van der Waals surface area contributed by atoms with E-state index in [0.29, 0.717) is 0 Å². The number of ether oxygens (including phenoxy) is 2. The van der Waals surface area contributed by atoms with Gasteiger partial charge in [0, 0.05) is 22.7 Å². The maximum absolute atomic E-state index is 12.0. The molecule has 0 aliphatic carbocycles. The first-order valence-corrected chi connectivity index (χ1v) is 9.16. The van der Waals surface area contributed by atoms with Gasteiger partial charge in [-0.1, -0.05) is 48.5 Å². The number of benzene rings is 2. The molecule has 1 atom stereocenters. The standard InChI is InChI=1S/C21H21N3O6/c25-18(11-23-21(28)30-12-14-6-2-1-3-7-14)24-19(20(26)27)29-13-15-10-22-17-9-5-4-8-16(15)17/h1-10,19,22H,11-13H2,(H,23,28)(H,24,25)(H,26,27). The van der Waals surface area contributed by atoms with Crippen molar-refractivity contribution in [1.82, 2.24) is 15.6 Å². The lowest BCUT2D eigenvalue weighted by molar-refractivity contribution is -0.156. The van der Waals surface area contributed by atoms with Crippen LogP contribution in [0, 0.1) is 0 Å². The molecule has 3 rings (SSSR count). The van der Waals surface area contributed by atoms with Crippen molar-refractivity contribution in [3.05, 3.63) is 71.9 Å². The lowest BCUT2D eigenvalue weighted by Gasteiger charge is -2.15. The predicted octanol–water partition coefficient (Wildman–Crippen LogP) is 2.14. The number of H-pyrrole nitrogens is 1. The van der Waals surface area contributed by atoms with E-state index in [1.165, 1.54) is 0 Å². The number of para-hydroxylation sites is 1. The van der Waals surface area contributed by atoms with Crippen LogP contribution < -0.4 is 10.6 Å². The lowest BCUT2D eigenvalue weighted by atomic mass is 10.2. The highest BCUT2D eigenvalue weighted by Gasteiger charge is 2.21. The minimum absolute atomic E-state index is 0.0200. The van der Waals surface area contributed by atoms with Gasteiger partial charge < -0.3 is 30.2 Å². The number of nitrogens with one attached hydrogen (secondary N) is 3. The monoisotopic (exact) mass is 411 g/mol. The van der Waals surface area contributed by atoms with Crippen LogP contribution in [0.3, 0.4) is 0 Å². The highest BCUT2D eigenvalue weighted by atomic mass is 16.5. The molecular formula is C21H21N3O6. The third-order valence-electron chi connectivity index (χ3n) is 4.20. The van der Waals surface area contributed by atoms with Crippen LogP contribution in [0.4, 0.5) is 4.79 Å². The van der Waals surface area contributed by atoms with Crippen LogP contribution in [-0.2, 0) is 32.3 Å². The van der Waals surface area contributed by atoms with Crippen molar-refractivity contribution in [2.45, 2.75) is 19.4 Å². The molecular weight excluding hydrogens is 390 g/mol. The van der Waals surface area contributed by atoms with E-state index >= 15 is 0 Å². The van der Waals surface area contributed by atoms with Gasteiger partial charge in [0.15, 0.2) is 0 Å². The second-order valence-electron chi connectivity index (χ2n) is 6.37. The number of alkyl carbamates (subject to hydrolysis) is 1. The number of hydrogen-bond acceptors (Lipinski definition) is 5. The summed E-state index contributed by atoms with van der Waals surface area (Å²) in [5.74, 6) is -2.08. The molecule has 3 aromatic rings. The van der Waals surface area contributed by atoms with Crippen molar-refractivity contribution in [2.75, 3.05) is 6.54 Å². The Morgan fingerprint density at radius 3 is 2.50 bits per heavy atom. The zero-order chi connectivity index (χ0) is 21.3. The van der Waals surface area contributed by atoms with E-state index in [1.807, 2.05) is 42.5 Å². The molecule has 1 unspecified atom stereocenters. The van der Waals surface area contributed by atoms with Crippen molar-refractivity contribution in [3.8, 4) is 0 Å². The third-order valence-corrected chi connectivity index (χ3v) is 4.20. The highest BCUT2D eigenvalue weighted by Crippen LogP contribution is 2.18. The van der Waals surface area contributed by atoms with E-state index in [0.717, 1.165) is 22.0 Å². The van der Waals surface area contributed by atoms with Crippen molar-refractivity contribution in [3.63, 3.8) is 0 Å². The zero-order valence-electron chi connectivity index (χ0n) is 16.0. The Morgan fingerprint density at radius 2 is 1.73 bits per heavy atom. The summed E-state index contributed by atoms with van der Waals surface area (Å²) in [6.45, 7) is -0.415. The van der Waals surface area contributed by atoms with Gasteiger partial charge in [0.1, 0.15) is 13.2 Å². The summed E-state index contributed by atoms with van der Waals surface area (Å²) in [5.41, 5.74) is 2.45. The Hall–Kier alpha value is -3.85. The summed E-state index contributed by atoms with van der Waals surface area (Å²) >= 11 is 0. The number of carboxylic acids is 1. The number of rotatable bonds is 9. The molecule has 156 valence electrons. The number of amides is 2. The first-order valence-electron chi connectivity index (χ1n) is 9.16. The molecule has 2 amide bonds. The second-order valence-corrected chi connectivity index (χ2v) is 6.37. The number of aliphatic carboxylic acids is 1. The van der Waals surface area contributed by atoms with Gasteiger partial charge in [0.05, 0.1) is 6.61 Å². The molecule has 0 spiro atoms. The number of carbonyl (C=O) groups is 3. The molecule has 9 heteroatoms. The summed E-state index contributed by atoms with van der Waals surface area (Å²) in [7, 11) is 0. The van der Waals surface area contributed by atoms with Gasteiger partial charge in [-0.2, -0.15) is 0 Å². The lowest BCUT2D eigenvalue weighted by Crippen LogP contribution is -2.46. The Kier molecular flexibility index (Phi) is 7.01. The van der Waals surface area contributed by atoms with Crippen molar-refractivity contribution >= 4 is 28.9 Å². The number of hydrogen-bond donors (Lipinski definition) is 4. The van der Waals surface area contributed by atoms with Gasteiger partial charge >= 0.3 is 12.1 Å². The Labute approximate surface area is 172 Å². The fourth-order valence-electron chi connectivity index (χ4n) is 2.72. The predicted molar refractivity (Wildman–Crippen MR) is 107 cm³/mol. The molecule has 0 saturated carbocycles. The first-order chi connectivity index (χ1) is 14.5. The molecule has 0 radical (unpaired) electrons. The summed E-state index contributed by atoms with van der Waals surface area (Å²) < 4.78 is 10.3. The summed E-state index contributed by atoms with van der Waals surface area (Å²) in [5, 5.41) is 14.7.